The quantitative estimate of drug-likeness (QED) is 0.609. The lowest BCUT2D eigenvalue weighted by Gasteiger charge is -1.48. The van der Waals surface area contributed by atoms with Gasteiger partial charge in [0, 0.05) is 11.6 Å². The van der Waals surface area contributed by atoms with Crippen LogP contribution in [-0.4, -0.2) is 9.53 Å². The molecule has 11 heavy (non-hydrogen) atoms. The molecule has 2 rings (SSSR count). The Morgan fingerprint density at radius 2 is 2.09 bits per heavy atom. The highest BCUT2D eigenvalue weighted by Crippen LogP contribution is 1.83. The smallest absolute Gasteiger partial charge is 0.123 e. The minimum Gasteiger partial charge on any atom is -0.365 e. The molecule has 0 saturated carbocycles. The topological polar surface area (TPSA) is 38.9 Å². The van der Waals surface area contributed by atoms with Crippen molar-refractivity contribution in [3.05, 3.63) is 36.2 Å². The fourth-order valence-corrected chi connectivity index (χ4v) is 0.703. The summed E-state index contributed by atoms with van der Waals surface area (Å²) in [4.78, 5) is 0. The fraction of sp³-hybridized carbons (Fsp3) is 0.143. The Balaban J connectivity index is 0.000000167. The molecule has 0 atom stereocenters. The molecule has 2 aromatic heterocycles. The molecule has 0 saturated heterocycles. The standard InChI is InChI=1S/C3H3NO.C3H3NS.CH4/c2*1-2-4-5-3-1;/h2*1-3H;1H4. The van der Waals surface area contributed by atoms with E-state index in [1.165, 1.54) is 17.8 Å². The average Bonchev–Trinajstić information content (AvgIpc) is 2.67. The summed E-state index contributed by atoms with van der Waals surface area (Å²) in [7, 11) is 0. The van der Waals surface area contributed by atoms with Crippen LogP contribution in [0, 0.1) is 0 Å². The Kier molecular flexibility index (Phi) is 6.22. The maximum atomic E-state index is 4.33. The van der Waals surface area contributed by atoms with E-state index in [4.69, 9.17) is 0 Å². The third-order valence-electron chi connectivity index (χ3n) is 0.694. The molecule has 0 fully saturated rings. The van der Waals surface area contributed by atoms with Crippen molar-refractivity contribution in [1.82, 2.24) is 9.53 Å². The van der Waals surface area contributed by atoms with E-state index in [1.807, 2.05) is 11.4 Å². The summed E-state index contributed by atoms with van der Waals surface area (Å²) in [5.74, 6) is 0. The lowest BCUT2D eigenvalue weighted by atomic mass is 10.8. The van der Waals surface area contributed by atoms with Crippen LogP contribution >= 0.6 is 11.5 Å². The SMILES string of the molecule is C.c1cnoc1.c1cnsc1. The molecule has 0 radical (unpaired) electrons. The van der Waals surface area contributed by atoms with Gasteiger partial charge in [-0.25, -0.2) is 4.37 Å². The molecule has 0 aromatic carbocycles. The van der Waals surface area contributed by atoms with Gasteiger partial charge in [0.05, 0.1) is 6.20 Å². The van der Waals surface area contributed by atoms with Crippen LogP contribution in [0.5, 0.6) is 0 Å². The number of hydrogen-bond donors (Lipinski definition) is 0. The van der Waals surface area contributed by atoms with Gasteiger partial charge >= 0.3 is 0 Å². The van der Waals surface area contributed by atoms with E-state index in [0.29, 0.717) is 0 Å². The van der Waals surface area contributed by atoms with Crippen LogP contribution in [0.15, 0.2) is 40.7 Å². The van der Waals surface area contributed by atoms with Crippen LogP contribution in [0.4, 0.5) is 0 Å². The molecule has 0 unspecified atom stereocenters. The Labute approximate surface area is 69.8 Å². The first-order valence-electron chi connectivity index (χ1n) is 2.69. The van der Waals surface area contributed by atoms with Gasteiger partial charge in [-0.2, -0.15) is 0 Å². The number of nitrogens with zero attached hydrogens (tertiary/aromatic N) is 2. The molecule has 4 heteroatoms. The van der Waals surface area contributed by atoms with Crippen molar-refractivity contribution in [2.24, 2.45) is 0 Å². The van der Waals surface area contributed by atoms with Gasteiger partial charge in [0.1, 0.15) is 6.26 Å². The Morgan fingerprint density at radius 3 is 2.27 bits per heavy atom. The fourth-order valence-electron chi connectivity index (χ4n) is 0.351. The highest BCUT2D eigenvalue weighted by Gasteiger charge is 1.60. The molecule has 60 valence electrons. The van der Waals surface area contributed by atoms with Gasteiger partial charge in [0.2, 0.25) is 0 Å². The predicted octanol–water partition coefficient (Wildman–Crippen LogP) is 2.45. The van der Waals surface area contributed by atoms with Crippen molar-refractivity contribution in [2.45, 2.75) is 7.43 Å². The number of aromatic nitrogens is 2. The van der Waals surface area contributed by atoms with Gasteiger partial charge in [0.15, 0.2) is 0 Å². The minimum absolute atomic E-state index is 0. The van der Waals surface area contributed by atoms with Crippen molar-refractivity contribution in [2.75, 3.05) is 0 Å². The van der Waals surface area contributed by atoms with Crippen LogP contribution in [-0.2, 0) is 0 Å². The van der Waals surface area contributed by atoms with E-state index >= 15 is 0 Å². The van der Waals surface area contributed by atoms with Crippen molar-refractivity contribution < 1.29 is 4.52 Å². The molecule has 0 N–H and O–H groups in total. The highest BCUT2D eigenvalue weighted by atomic mass is 32.1. The second-order valence-corrected chi connectivity index (χ2v) is 2.07. The van der Waals surface area contributed by atoms with Crippen molar-refractivity contribution in [3.63, 3.8) is 0 Å². The predicted molar refractivity (Wildman–Crippen MR) is 45.3 cm³/mol. The van der Waals surface area contributed by atoms with Gasteiger partial charge in [0.25, 0.3) is 0 Å². The third kappa shape index (κ3) is 5.29. The zero-order chi connectivity index (χ0) is 7.07. The Bertz CT molecular complexity index is 156. The zero-order valence-electron chi connectivity index (χ0n) is 5.18. The van der Waals surface area contributed by atoms with Gasteiger partial charge in [-0.1, -0.05) is 12.6 Å². The monoisotopic (exact) mass is 170 g/mol. The van der Waals surface area contributed by atoms with Crippen LogP contribution in [0.2, 0.25) is 0 Å². The normalized spacial score (nSPS) is 7.27. The molecule has 2 aromatic rings. The summed E-state index contributed by atoms with van der Waals surface area (Å²) in [6.45, 7) is 0. The Morgan fingerprint density at radius 1 is 1.18 bits per heavy atom. The molecule has 2 heterocycles. The Hall–Kier alpha value is -1.16. The summed E-state index contributed by atoms with van der Waals surface area (Å²) in [5.41, 5.74) is 0. The second kappa shape index (κ2) is 6.95. The molecule has 0 amide bonds. The molecule has 3 nitrogen and oxygen atoms in total. The van der Waals surface area contributed by atoms with Gasteiger partial charge < -0.3 is 4.52 Å². The molecule has 0 aliphatic rings. The summed E-state index contributed by atoms with van der Waals surface area (Å²) in [6, 6.07) is 3.63. The average molecular weight is 170 g/mol. The summed E-state index contributed by atoms with van der Waals surface area (Å²) < 4.78 is 8.10. The van der Waals surface area contributed by atoms with E-state index in [-0.39, 0.29) is 7.43 Å². The van der Waals surface area contributed by atoms with Crippen LogP contribution in [0.25, 0.3) is 0 Å². The van der Waals surface area contributed by atoms with Crippen molar-refractivity contribution in [1.29, 1.82) is 0 Å². The maximum absolute atomic E-state index is 4.33. The molecular weight excluding hydrogens is 160 g/mol. The largest absolute Gasteiger partial charge is 0.365 e. The first kappa shape index (κ1) is 9.84. The second-order valence-electron chi connectivity index (χ2n) is 1.38. The zero-order valence-corrected chi connectivity index (χ0v) is 5.99. The molecule has 0 bridgehead atoms. The van der Waals surface area contributed by atoms with Crippen LogP contribution in [0.1, 0.15) is 7.43 Å². The first-order chi connectivity index (χ1) is 5.00. The van der Waals surface area contributed by atoms with E-state index in [1.54, 1.807) is 18.5 Å². The molecular formula is C7H10N2OS. The van der Waals surface area contributed by atoms with E-state index in [9.17, 15) is 0 Å². The molecule has 0 spiro atoms. The minimum atomic E-state index is 0. The van der Waals surface area contributed by atoms with E-state index in [0.717, 1.165) is 0 Å². The molecule has 0 aliphatic carbocycles. The van der Waals surface area contributed by atoms with Gasteiger partial charge in [-0.15, -0.1) is 0 Å². The highest BCUT2D eigenvalue weighted by molar-refractivity contribution is 7.03. The number of rotatable bonds is 0. The summed E-state index contributed by atoms with van der Waals surface area (Å²) in [5, 5.41) is 5.28. The summed E-state index contributed by atoms with van der Waals surface area (Å²) in [6.07, 6.45) is 4.87. The van der Waals surface area contributed by atoms with Gasteiger partial charge in [-0.3, -0.25) is 0 Å². The van der Waals surface area contributed by atoms with Crippen molar-refractivity contribution >= 4 is 11.5 Å². The lowest BCUT2D eigenvalue weighted by Crippen LogP contribution is -1.38. The number of hydrogen-bond acceptors (Lipinski definition) is 4. The third-order valence-corrected chi connectivity index (χ3v) is 1.22. The first-order valence-corrected chi connectivity index (χ1v) is 3.52. The van der Waals surface area contributed by atoms with Gasteiger partial charge in [-0.05, 0) is 23.7 Å². The summed E-state index contributed by atoms with van der Waals surface area (Å²) >= 11 is 1.46. The van der Waals surface area contributed by atoms with E-state index < -0.39 is 0 Å². The van der Waals surface area contributed by atoms with Crippen LogP contribution < -0.4 is 0 Å². The molecule has 0 aliphatic heterocycles. The van der Waals surface area contributed by atoms with Crippen LogP contribution in [0.3, 0.4) is 0 Å². The maximum Gasteiger partial charge on any atom is 0.123 e. The lowest BCUT2D eigenvalue weighted by molar-refractivity contribution is 0.420. The van der Waals surface area contributed by atoms with Crippen molar-refractivity contribution in [3.8, 4) is 0 Å². The van der Waals surface area contributed by atoms with E-state index in [2.05, 4.69) is 14.1 Å².